The molecule has 5 heteroatoms. The summed E-state index contributed by atoms with van der Waals surface area (Å²) in [7, 11) is 1.31. The van der Waals surface area contributed by atoms with E-state index in [2.05, 4.69) is 24.3 Å². The Balaban J connectivity index is 1.66. The maximum atomic E-state index is 13.7. The minimum Gasteiger partial charge on any atom is -0.467 e. The van der Waals surface area contributed by atoms with Gasteiger partial charge in [0.05, 0.1) is 18.9 Å². The van der Waals surface area contributed by atoms with Crippen molar-refractivity contribution < 1.29 is 19.1 Å². The van der Waals surface area contributed by atoms with Gasteiger partial charge in [0, 0.05) is 11.8 Å². The van der Waals surface area contributed by atoms with Crippen molar-refractivity contribution in [2.75, 3.05) is 7.11 Å². The quantitative estimate of drug-likeness (QED) is 0.579. The molecule has 0 unspecified atom stereocenters. The van der Waals surface area contributed by atoms with Crippen molar-refractivity contribution in [3.8, 4) is 0 Å². The molecule has 2 aromatic carbocycles. The van der Waals surface area contributed by atoms with E-state index in [0.717, 1.165) is 22.3 Å². The highest BCUT2D eigenvalue weighted by Gasteiger charge is 2.63. The van der Waals surface area contributed by atoms with Crippen LogP contribution in [0.15, 0.2) is 48.5 Å². The Hall–Kier alpha value is -2.95. The zero-order chi connectivity index (χ0) is 21.2. The number of hydrogen-bond donors (Lipinski definition) is 0. The molecule has 0 spiro atoms. The van der Waals surface area contributed by atoms with Crippen LogP contribution in [0.5, 0.6) is 0 Å². The summed E-state index contributed by atoms with van der Waals surface area (Å²) in [5, 5.41) is 0. The van der Waals surface area contributed by atoms with Crippen LogP contribution in [0.4, 0.5) is 0 Å². The van der Waals surface area contributed by atoms with Crippen LogP contribution in [-0.2, 0) is 19.1 Å². The Morgan fingerprint density at radius 1 is 0.867 bits per heavy atom. The van der Waals surface area contributed by atoms with E-state index >= 15 is 0 Å². The lowest BCUT2D eigenvalue weighted by molar-refractivity contribution is -0.157. The van der Waals surface area contributed by atoms with E-state index in [1.54, 1.807) is 0 Å². The molecule has 1 heterocycles. The largest absolute Gasteiger partial charge is 0.467 e. The lowest BCUT2D eigenvalue weighted by Crippen LogP contribution is -2.47. The number of amides is 2. The molecule has 30 heavy (non-hydrogen) atoms. The van der Waals surface area contributed by atoms with Crippen molar-refractivity contribution >= 4 is 17.8 Å². The highest BCUT2D eigenvalue weighted by molar-refractivity contribution is 6.10. The van der Waals surface area contributed by atoms with Crippen LogP contribution >= 0.6 is 0 Å². The van der Waals surface area contributed by atoms with Gasteiger partial charge >= 0.3 is 5.97 Å². The second kappa shape index (κ2) is 6.79. The number of methoxy groups -OCH3 is 1. The molecule has 0 aromatic heterocycles. The number of esters is 1. The monoisotopic (exact) mass is 403 g/mol. The molecule has 0 N–H and O–H groups in total. The minimum atomic E-state index is -0.869. The molecule has 154 valence electrons. The number of hydrogen-bond acceptors (Lipinski definition) is 4. The fourth-order valence-corrected chi connectivity index (χ4v) is 5.90. The molecule has 5 nitrogen and oxygen atoms in total. The van der Waals surface area contributed by atoms with Gasteiger partial charge in [0.2, 0.25) is 11.8 Å². The van der Waals surface area contributed by atoms with Crippen LogP contribution in [0.1, 0.15) is 54.4 Å². The van der Waals surface area contributed by atoms with E-state index < -0.39 is 23.8 Å². The number of carbonyl (C=O) groups is 3. The Morgan fingerprint density at radius 3 is 1.60 bits per heavy atom. The molecule has 2 bridgehead atoms. The maximum Gasteiger partial charge on any atom is 0.329 e. The summed E-state index contributed by atoms with van der Waals surface area (Å²) in [6.45, 7) is 3.95. The molecule has 1 fully saturated rings. The molecule has 3 aliphatic carbocycles. The molecule has 4 aliphatic rings. The number of benzene rings is 2. The van der Waals surface area contributed by atoms with E-state index in [4.69, 9.17) is 4.74 Å². The summed E-state index contributed by atoms with van der Waals surface area (Å²) in [5.41, 5.74) is 4.51. The van der Waals surface area contributed by atoms with Crippen molar-refractivity contribution in [3.05, 3.63) is 70.8 Å². The second-order valence-corrected chi connectivity index (χ2v) is 8.98. The summed E-state index contributed by atoms with van der Waals surface area (Å²) >= 11 is 0. The molecule has 2 aromatic rings. The van der Waals surface area contributed by atoms with E-state index in [9.17, 15) is 14.4 Å². The molecule has 0 saturated carbocycles. The molecule has 3 atom stereocenters. The SMILES string of the molecule is COC(=O)[C@@H](CC(C)C)N1C(=O)[C@@H]2C3c4ccccc4C(c4ccccc43)[C@@H]2C1=O. The molecular formula is C25H25NO4. The van der Waals surface area contributed by atoms with E-state index in [1.165, 1.54) is 12.0 Å². The molecule has 2 amide bonds. The number of likely N-dealkylation sites (tertiary alicyclic amines) is 1. The zero-order valence-corrected chi connectivity index (χ0v) is 17.4. The first-order chi connectivity index (χ1) is 14.5. The fourth-order valence-electron chi connectivity index (χ4n) is 5.90. The third-order valence-corrected chi connectivity index (χ3v) is 6.96. The highest BCUT2D eigenvalue weighted by Crippen LogP contribution is 2.61. The first-order valence-electron chi connectivity index (χ1n) is 10.6. The average Bonchev–Trinajstić information content (AvgIpc) is 3.02. The van der Waals surface area contributed by atoms with Crippen molar-refractivity contribution in [1.29, 1.82) is 0 Å². The minimum absolute atomic E-state index is 0.142. The van der Waals surface area contributed by atoms with Crippen LogP contribution < -0.4 is 0 Å². The average molecular weight is 403 g/mol. The van der Waals surface area contributed by atoms with Gasteiger partial charge in [-0.25, -0.2) is 4.79 Å². The molecule has 0 radical (unpaired) electrons. The number of carbonyl (C=O) groups excluding carboxylic acids is 3. The molecule has 1 aliphatic heterocycles. The Labute approximate surface area is 176 Å². The predicted molar refractivity (Wildman–Crippen MR) is 111 cm³/mol. The third kappa shape index (κ3) is 2.44. The summed E-state index contributed by atoms with van der Waals surface area (Å²) in [4.78, 5) is 41.2. The van der Waals surface area contributed by atoms with Gasteiger partial charge in [-0.3, -0.25) is 14.5 Å². The van der Waals surface area contributed by atoms with Gasteiger partial charge in [-0.1, -0.05) is 62.4 Å². The van der Waals surface area contributed by atoms with Gasteiger partial charge < -0.3 is 4.74 Å². The van der Waals surface area contributed by atoms with Gasteiger partial charge in [0.15, 0.2) is 0 Å². The van der Waals surface area contributed by atoms with Crippen molar-refractivity contribution in [1.82, 2.24) is 4.90 Å². The van der Waals surface area contributed by atoms with Gasteiger partial charge in [-0.05, 0) is 34.6 Å². The summed E-state index contributed by atoms with van der Waals surface area (Å²) in [5.74, 6) is -2.11. The summed E-state index contributed by atoms with van der Waals surface area (Å²) < 4.78 is 4.98. The normalized spacial score (nSPS) is 27.0. The van der Waals surface area contributed by atoms with Gasteiger partial charge in [0.1, 0.15) is 6.04 Å². The Bertz CT molecular complexity index is 943. The summed E-state index contributed by atoms with van der Waals surface area (Å²) in [6, 6.07) is 15.4. The first-order valence-corrected chi connectivity index (χ1v) is 10.6. The van der Waals surface area contributed by atoms with Crippen LogP contribution in [0.2, 0.25) is 0 Å². The van der Waals surface area contributed by atoms with E-state index in [0.29, 0.717) is 6.42 Å². The smallest absolute Gasteiger partial charge is 0.329 e. The lowest BCUT2D eigenvalue weighted by atomic mass is 9.55. The lowest BCUT2D eigenvalue weighted by Gasteiger charge is -2.45. The van der Waals surface area contributed by atoms with E-state index in [1.807, 2.05) is 38.1 Å². The number of imide groups is 1. The number of rotatable bonds is 4. The van der Waals surface area contributed by atoms with E-state index in [-0.39, 0.29) is 29.6 Å². The highest BCUT2D eigenvalue weighted by atomic mass is 16.5. The molecular weight excluding hydrogens is 378 g/mol. The second-order valence-electron chi connectivity index (χ2n) is 8.98. The topological polar surface area (TPSA) is 63.7 Å². The van der Waals surface area contributed by atoms with Crippen LogP contribution in [0.3, 0.4) is 0 Å². The molecule has 1 saturated heterocycles. The Morgan fingerprint density at radius 2 is 1.27 bits per heavy atom. The maximum absolute atomic E-state index is 13.7. The Kier molecular flexibility index (Phi) is 4.31. The predicted octanol–water partition coefficient (Wildman–Crippen LogP) is 3.47. The fraction of sp³-hybridized carbons (Fsp3) is 0.400. The van der Waals surface area contributed by atoms with Crippen molar-refractivity contribution in [3.63, 3.8) is 0 Å². The number of ether oxygens (including phenoxy) is 1. The van der Waals surface area contributed by atoms with Gasteiger partial charge in [0.25, 0.3) is 0 Å². The zero-order valence-electron chi connectivity index (χ0n) is 17.4. The first kappa shape index (κ1) is 19.0. The number of nitrogens with zero attached hydrogens (tertiary/aromatic N) is 1. The summed E-state index contributed by atoms with van der Waals surface area (Å²) in [6.07, 6.45) is 0.402. The van der Waals surface area contributed by atoms with Crippen molar-refractivity contribution in [2.24, 2.45) is 17.8 Å². The third-order valence-electron chi connectivity index (χ3n) is 6.96. The van der Waals surface area contributed by atoms with Crippen molar-refractivity contribution in [2.45, 2.75) is 38.1 Å². The van der Waals surface area contributed by atoms with Crippen LogP contribution in [0.25, 0.3) is 0 Å². The standard InChI is InChI=1S/C25H25NO4/c1-13(2)12-18(25(29)30-3)26-23(27)21-19-14-8-4-5-9-15(14)20(22(21)24(26)28)17-11-7-6-10-16(17)19/h4-11,13,18-22H,12H2,1-3H3/t18-,19?,20?,21-,22+/m1/s1. The van der Waals surface area contributed by atoms with Gasteiger partial charge in [-0.2, -0.15) is 0 Å². The molecule has 6 rings (SSSR count). The van der Waals surface area contributed by atoms with Crippen LogP contribution in [0, 0.1) is 17.8 Å². The van der Waals surface area contributed by atoms with Crippen LogP contribution in [-0.4, -0.2) is 35.8 Å². The van der Waals surface area contributed by atoms with Gasteiger partial charge in [-0.15, -0.1) is 0 Å².